The lowest BCUT2D eigenvalue weighted by Crippen LogP contribution is -2.37. The van der Waals surface area contributed by atoms with Crippen molar-refractivity contribution in [2.75, 3.05) is 24.7 Å². The van der Waals surface area contributed by atoms with Gasteiger partial charge in [-0.25, -0.2) is 13.4 Å². The van der Waals surface area contributed by atoms with E-state index in [1.807, 2.05) is 18.2 Å². The molecule has 0 spiro atoms. The zero-order valence-corrected chi connectivity index (χ0v) is 18.1. The molecule has 3 rings (SSSR count). The Morgan fingerprint density at radius 3 is 2.45 bits per heavy atom. The van der Waals surface area contributed by atoms with E-state index in [1.165, 1.54) is 11.3 Å². The van der Waals surface area contributed by atoms with Crippen LogP contribution in [0.2, 0.25) is 0 Å². The minimum Gasteiger partial charge on any atom is -0.355 e. The molecule has 0 aliphatic carbocycles. The first-order chi connectivity index (χ1) is 14.7. The molecule has 0 fully saturated rings. The van der Waals surface area contributed by atoms with Crippen molar-refractivity contribution in [3.8, 4) is 6.07 Å². The molecule has 0 radical (unpaired) electrons. The molecule has 3 aromatic rings. The van der Waals surface area contributed by atoms with Gasteiger partial charge < -0.3 is 16.0 Å². The number of thiazole rings is 1. The summed E-state index contributed by atoms with van der Waals surface area (Å²) in [5, 5.41) is 17.1. The number of anilines is 2. The van der Waals surface area contributed by atoms with Crippen LogP contribution in [-0.4, -0.2) is 44.6 Å². The second-order valence-electron chi connectivity index (χ2n) is 6.60. The van der Waals surface area contributed by atoms with E-state index < -0.39 is 15.7 Å². The molecule has 0 saturated carbocycles. The van der Waals surface area contributed by atoms with Gasteiger partial charge in [0.2, 0.25) is 11.8 Å². The highest BCUT2D eigenvalue weighted by Gasteiger charge is 2.11. The van der Waals surface area contributed by atoms with Gasteiger partial charge in [0.1, 0.15) is 11.6 Å². The summed E-state index contributed by atoms with van der Waals surface area (Å²) in [5.41, 5.74) is 2.29. The normalized spacial score (nSPS) is 11.0. The number of nitrogens with zero attached hydrogens (tertiary/aromatic N) is 2. The number of hydrogen-bond acceptors (Lipinski definition) is 8. The van der Waals surface area contributed by atoms with Crippen LogP contribution in [0.15, 0.2) is 47.4 Å². The highest BCUT2D eigenvalue weighted by atomic mass is 32.2. The molecule has 3 N–H and O–H groups in total. The summed E-state index contributed by atoms with van der Waals surface area (Å²) in [4.78, 5) is 28.1. The molecule has 1 aromatic heterocycles. The summed E-state index contributed by atoms with van der Waals surface area (Å²) >= 11 is 1.37. The van der Waals surface area contributed by atoms with Crippen molar-refractivity contribution in [2.45, 2.75) is 11.3 Å². The smallest absolute Gasteiger partial charge is 0.240 e. The van der Waals surface area contributed by atoms with Crippen molar-refractivity contribution >= 4 is 54.6 Å². The Labute approximate surface area is 183 Å². The number of aromatic nitrogens is 1. The van der Waals surface area contributed by atoms with Crippen molar-refractivity contribution < 1.29 is 18.0 Å². The van der Waals surface area contributed by atoms with E-state index in [9.17, 15) is 18.0 Å². The van der Waals surface area contributed by atoms with Crippen LogP contribution in [-0.2, 0) is 25.8 Å². The summed E-state index contributed by atoms with van der Waals surface area (Å²) in [6.45, 7) is -0.303. The highest BCUT2D eigenvalue weighted by Crippen LogP contribution is 2.27. The highest BCUT2D eigenvalue weighted by molar-refractivity contribution is 7.90. The van der Waals surface area contributed by atoms with Gasteiger partial charge in [-0.2, -0.15) is 5.26 Å². The SMILES string of the molecule is CS(=O)(=O)c1ccc(Nc2ccc3nc(CC(=O)NCC(=O)NCC#N)sc3c2)cc1. The summed E-state index contributed by atoms with van der Waals surface area (Å²) in [7, 11) is -3.24. The van der Waals surface area contributed by atoms with Crippen molar-refractivity contribution in [2.24, 2.45) is 0 Å². The lowest BCUT2D eigenvalue weighted by Gasteiger charge is -2.07. The predicted molar refractivity (Wildman–Crippen MR) is 118 cm³/mol. The Hall–Kier alpha value is -3.49. The Bertz CT molecular complexity index is 1260. The molecular formula is C20H19N5O4S2. The van der Waals surface area contributed by atoms with E-state index in [-0.39, 0.29) is 30.3 Å². The molecular weight excluding hydrogens is 438 g/mol. The molecule has 9 nitrogen and oxygen atoms in total. The molecule has 1 heterocycles. The molecule has 11 heteroatoms. The minimum absolute atomic E-state index is 0.0423. The molecule has 0 saturated heterocycles. The number of sulfone groups is 1. The van der Waals surface area contributed by atoms with Crippen LogP contribution in [0, 0.1) is 11.3 Å². The van der Waals surface area contributed by atoms with Crippen LogP contribution in [0.25, 0.3) is 10.2 Å². The van der Waals surface area contributed by atoms with E-state index in [0.29, 0.717) is 5.01 Å². The largest absolute Gasteiger partial charge is 0.355 e. The molecule has 2 amide bonds. The first kappa shape index (κ1) is 22.2. The van der Waals surface area contributed by atoms with Gasteiger partial charge in [-0.05, 0) is 42.5 Å². The number of carbonyl (C=O) groups excluding carboxylic acids is 2. The summed E-state index contributed by atoms with van der Waals surface area (Å²) in [6, 6.07) is 13.8. The fourth-order valence-corrected chi connectivity index (χ4v) is 4.29. The van der Waals surface area contributed by atoms with Gasteiger partial charge in [0, 0.05) is 17.6 Å². The summed E-state index contributed by atoms with van der Waals surface area (Å²) < 4.78 is 24.0. The first-order valence-corrected chi connectivity index (χ1v) is 11.8. The molecule has 160 valence electrons. The van der Waals surface area contributed by atoms with Gasteiger partial charge in [-0.15, -0.1) is 11.3 Å². The molecule has 0 aliphatic heterocycles. The number of rotatable bonds is 8. The molecule has 2 aromatic carbocycles. The van der Waals surface area contributed by atoms with E-state index in [2.05, 4.69) is 20.9 Å². The molecule has 0 bridgehead atoms. The Balaban J connectivity index is 1.63. The van der Waals surface area contributed by atoms with Crippen molar-refractivity contribution in [3.63, 3.8) is 0 Å². The number of nitrogens with one attached hydrogen (secondary N) is 3. The van der Waals surface area contributed by atoms with Crippen LogP contribution in [0.3, 0.4) is 0 Å². The van der Waals surface area contributed by atoms with E-state index in [4.69, 9.17) is 5.26 Å². The van der Waals surface area contributed by atoms with Crippen LogP contribution in [0.5, 0.6) is 0 Å². The lowest BCUT2D eigenvalue weighted by molar-refractivity contribution is -0.125. The average Bonchev–Trinajstić information content (AvgIpc) is 3.11. The Morgan fingerprint density at radius 2 is 1.77 bits per heavy atom. The van der Waals surface area contributed by atoms with E-state index >= 15 is 0 Å². The third-order valence-electron chi connectivity index (χ3n) is 4.13. The average molecular weight is 458 g/mol. The predicted octanol–water partition coefficient (Wildman–Crippen LogP) is 1.74. The maximum atomic E-state index is 12.0. The third-order valence-corrected chi connectivity index (χ3v) is 6.27. The number of carbonyl (C=O) groups is 2. The summed E-state index contributed by atoms with van der Waals surface area (Å²) in [6.07, 6.45) is 1.20. The number of benzene rings is 2. The summed E-state index contributed by atoms with van der Waals surface area (Å²) in [5.74, 6) is -0.769. The monoisotopic (exact) mass is 457 g/mol. The molecule has 0 aliphatic rings. The van der Waals surface area contributed by atoms with Crippen molar-refractivity contribution in [1.29, 1.82) is 5.26 Å². The van der Waals surface area contributed by atoms with Crippen LogP contribution in [0.4, 0.5) is 11.4 Å². The minimum atomic E-state index is -3.24. The first-order valence-electron chi connectivity index (χ1n) is 9.11. The van der Waals surface area contributed by atoms with Gasteiger partial charge in [0.15, 0.2) is 9.84 Å². The van der Waals surface area contributed by atoms with Gasteiger partial charge in [-0.1, -0.05) is 0 Å². The number of nitriles is 1. The topological polar surface area (TPSA) is 141 Å². The fourth-order valence-electron chi connectivity index (χ4n) is 2.66. The number of hydrogen-bond donors (Lipinski definition) is 3. The third kappa shape index (κ3) is 6.24. The van der Waals surface area contributed by atoms with Crippen LogP contribution < -0.4 is 16.0 Å². The van der Waals surface area contributed by atoms with Gasteiger partial charge in [-0.3, -0.25) is 9.59 Å². The van der Waals surface area contributed by atoms with Gasteiger partial charge >= 0.3 is 0 Å². The Kier molecular flexibility index (Phi) is 6.84. The van der Waals surface area contributed by atoms with Crippen LogP contribution >= 0.6 is 11.3 Å². The zero-order valence-electron chi connectivity index (χ0n) is 16.5. The number of fused-ring (bicyclic) bond motifs is 1. The van der Waals surface area contributed by atoms with E-state index in [1.54, 1.807) is 30.3 Å². The zero-order chi connectivity index (χ0) is 22.4. The standard InChI is InChI=1S/C20H19N5O4S2/c1-31(28,29)15-5-2-13(3-6-15)24-14-4-7-16-17(10-14)30-20(25-16)11-18(26)23-12-19(27)22-9-8-21/h2-7,10,24H,9,11-12H2,1H3,(H,22,27)(H,23,26). The molecule has 31 heavy (non-hydrogen) atoms. The van der Waals surface area contributed by atoms with Gasteiger partial charge in [0.25, 0.3) is 0 Å². The Morgan fingerprint density at radius 1 is 1.06 bits per heavy atom. The van der Waals surface area contributed by atoms with Crippen molar-refractivity contribution in [3.05, 3.63) is 47.5 Å². The molecule has 0 atom stereocenters. The number of amides is 2. The van der Waals surface area contributed by atoms with Gasteiger partial charge in [0.05, 0.1) is 34.1 Å². The maximum absolute atomic E-state index is 12.0. The van der Waals surface area contributed by atoms with Crippen molar-refractivity contribution in [1.82, 2.24) is 15.6 Å². The maximum Gasteiger partial charge on any atom is 0.240 e. The van der Waals surface area contributed by atoms with E-state index in [0.717, 1.165) is 27.8 Å². The quantitative estimate of drug-likeness (QED) is 0.438. The fraction of sp³-hybridized carbons (Fsp3) is 0.200. The second kappa shape index (κ2) is 9.55. The second-order valence-corrected chi connectivity index (χ2v) is 9.73. The molecule has 0 unspecified atom stereocenters. The van der Waals surface area contributed by atoms with Crippen LogP contribution in [0.1, 0.15) is 5.01 Å². The lowest BCUT2D eigenvalue weighted by atomic mass is 10.2.